The molecule has 4 nitrogen and oxygen atoms in total. The van der Waals surface area contributed by atoms with E-state index < -0.39 is 11.3 Å². The molecule has 0 bridgehead atoms. The van der Waals surface area contributed by atoms with Gasteiger partial charge in [-0.15, -0.1) is 6.58 Å². The van der Waals surface area contributed by atoms with Gasteiger partial charge in [0.25, 0.3) is 5.91 Å². The van der Waals surface area contributed by atoms with E-state index in [4.69, 9.17) is 4.74 Å². The zero-order valence-corrected chi connectivity index (χ0v) is 18.4. The summed E-state index contributed by atoms with van der Waals surface area (Å²) in [5.74, 6) is 0.0155. The molecule has 1 saturated heterocycles. The number of likely N-dealkylation sites (tertiary alicyclic amines) is 1. The Hall–Kier alpha value is -3.14. The van der Waals surface area contributed by atoms with Gasteiger partial charge >= 0.3 is 0 Å². The molecule has 4 heteroatoms. The molecule has 0 radical (unpaired) electrons. The standard InChI is InChI=1S/C27H31NO3/c1-4-6-7-11-14-24-27(19-5-2,22-12-9-8-10-13-22)25(29)26(30)28(24)20-21-15-17-23(31-3)18-16-21/h5-10,12-13,15-18,24H,2,4,11,14,19-20H2,1,3H3/b7-6-/t24-,27+/m0/s1. The minimum absolute atomic E-state index is 0.239. The Kier molecular flexibility index (Phi) is 7.45. The molecule has 0 aromatic heterocycles. The fourth-order valence-corrected chi connectivity index (χ4v) is 4.56. The Bertz CT molecular complexity index is 933. The van der Waals surface area contributed by atoms with E-state index in [9.17, 15) is 9.59 Å². The first kappa shape index (κ1) is 22.5. The van der Waals surface area contributed by atoms with Gasteiger partial charge in [-0.2, -0.15) is 0 Å². The molecule has 0 aliphatic carbocycles. The van der Waals surface area contributed by atoms with Gasteiger partial charge in [-0.3, -0.25) is 9.59 Å². The monoisotopic (exact) mass is 417 g/mol. The van der Waals surface area contributed by atoms with Gasteiger partial charge in [0.15, 0.2) is 0 Å². The molecule has 1 heterocycles. The first-order chi connectivity index (χ1) is 15.1. The number of carbonyl (C=O) groups is 2. The van der Waals surface area contributed by atoms with Crippen LogP contribution in [0.4, 0.5) is 0 Å². The second-order valence-corrected chi connectivity index (χ2v) is 7.91. The third-order valence-electron chi connectivity index (χ3n) is 6.08. The van der Waals surface area contributed by atoms with Gasteiger partial charge in [0, 0.05) is 6.54 Å². The minimum atomic E-state index is -0.910. The molecule has 0 saturated carbocycles. The Balaban J connectivity index is 2.03. The van der Waals surface area contributed by atoms with Crippen LogP contribution < -0.4 is 4.74 Å². The van der Waals surface area contributed by atoms with Gasteiger partial charge in [0.05, 0.1) is 18.6 Å². The normalized spacial score (nSPS) is 21.1. The van der Waals surface area contributed by atoms with Gasteiger partial charge in [-0.25, -0.2) is 0 Å². The van der Waals surface area contributed by atoms with Gasteiger partial charge < -0.3 is 9.64 Å². The smallest absolute Gasteiger partial charge is 0.291 e. The molecule has 1 aliphatic rings. The highest BCUT2D eigenvalue weighted by Gasteiger charge is 2.58. The maximum Gasteiger partial charge on any atom is 0.291 e. The van der Waals surface area contributed by atoms with E-state index in [1.807, 2.05) is 54.6 Å². The van der Waals surface area contributed by atoms with Crippen molar-refractivity contribution in [1.82, 2.24) is 4.90 Å². The van der Waals surface area contributed by atoms with Gasteiger partial charge in [-0.05, 0) is 48.9 Å². The predicted molar refractivity (Wildman–Crippen MR) is 124 cm³/mol. The van der Waals surface area contributed by atoms with Crippen LogP contribution in [0.2, 0.25) is 0 Å². The van der Waals surface area contributed by atoms with Crippen molar-refractivity contribution >= 4 is 11.7 Å². The van der Waals surface area contributed by atoms with Crippen molar-refractivity contribution in [3.8, 4) is 5.75 Å². The molecule has 2 atom stereocenters. The Labute approximate surface area is 185 Å². The van der Waals surface area contributed by atoms with Crippen LogP contribution in [0.3, 0.4) is 0 Å². The largest absolute Gasteiger partial charge is 0.497 e. The lowest BCUT2D eigenvalue weighted by Crippen LogP contribution is -2.44. The van der Waals surface area contributed by atoms with Gasteiger partial charge in [-0.1, -0.05) is 67.6 Å². The Morgan fingerprint density at radius 2 is 1.77 bits per heavy atom. The molecule has 0 N–H and O–H groups in total. The maximum absolute atomic E-state index is 13.5. The number of hydrogen-bond acceptors (Lipinski definition) is 3. The van der Waals surface area contributed by atoms with Crippen molar-refractivity contribution in [3.05, 3.63) is 90.5 Å². The first-order valence-electron chi connectivity index (χ1n) is 10.9. The highest BCUT2D eigenvalue weighted by atomic mass is 16.5. The van der Waals surface area contributed by atoms with Crippen LogP contribution in [0.1, 0.15) is 43.7 Å². The van der Waals surface area contributed by atoms with Crippen molar-refractivity contribution in [3.63, 3.8) is 0 Å². The summed E-state index contributed by atoms with van der Waals surface area (Å²) in [6.45, 7) is 6.41. The molecule has 1 amide bonds. The molecular formula is C27H31NO3. The number of ether oxygens (including phenoxy) is 1. The first-order valence-corrected chi connectivity index (χ1v) is 10.9. The van der Waals surface area contributed by atoms with Crippen LogP contribution in [-0.2, 0) is 21.5 Å². The van der Waals surface area contributed by atoms with Gasteiger partial charge in [0.2, 0.25) is 5.78 Å². The number of Topliss-reactive ketones (excluding diaryl/α,β-unsaturated/α-hetero) is 1. The second kappa shape index (κ2) is 10.3. The summed E-state index contributed by atoms with van der Waals surface area (Å²) >= 11 is 0. The van der Waals surface area contributed by atoms with Crippen molar-refractivity contribution in [2.24, 2.45) is 0 Å². The van der Waals surface area contributed by atoms with Crippen molar-refractivity contribution in [1.29, 1.82) is 0 Å². The van der Waals surface area contributed by atoms with Crippen molar-refractivity contribution < 1.29 is 14.3 Å². The van der Waals surface area contributed by atoms with E-state index in [2.05, 4.69) is 25.7 Å². The zero-order chi connectivity index (χ0) is 22.3. The summed E-state index contributed by atoms with van der Waals surface area (Å²) in [7, 11) is 1.63. The highest BCUT2D eigenvalue weighted by molar-refractivity contribution is 6.42. The average Bonchev–Trinajstić information content (AvgIpc) is 3.00. The predicted octanol–water partition coefficient (Wildman–Crippen LogP) is 5.24. The summed E-state index contributed by atoms with van der Waals surface area (Å²) in [6, 6.07) is 17.1. The van der Waals surface area contributed by atoms with Gasteiger partial charge in [0.1, 0.15) is 5.75 Å². The molecule has 3 rings (SSSR count). The summed E-state index contributed by atoms with van der Waals surface area (Å²) in [6.07, 6.45) is 8.96. The number of nitrogens with zero attached hydrogens (tertiary/aromatic N) is 1. The molecule has 2 aromatic rings. The van der Waals surface area contributed by atoms with Crippen LogP contribution >= 0.6 is 0 Å². The fraction of sp³-hybridized carbons (Fsp3) is 0.333. The van der Waals surface area contributed by atoms with Crippen LogP contribution in [0, 0.1) is 0 Å². The van der Waals surface area contributed by atoms with E-state index in [0.29, 0.717) is 19.4 Å². The van der Waals surface area contributed by atoms with Crippen LogP contribution in [-0.4, -0.2) is 29.7 Å². The SMILES string of the molecule is C=CC[C@]1(c2ccccc2)C(=O)C(=O)N(Cc2ccc(OC)cc2)[C@H]1CC/C=C\CC. The zero-order valence-electron chi connectivity index (χ0n) is 18.4. The number of ketones is 1. The van der Waals surface area contributed by atoms with Crippen molar-refractivity contribution in [2.45, 2.75) is 50.6 Å². The summed E-state index contributed by atoms with van der Waals surface area (Å²) in [5.41, 5.74) is 0.945. The van der Waals surface area contributed by atoms with E-state index in [1.54, 1.807) is 18.1 Å². The van der Waals surface area contributed by atoms with E-state index >= 15 is 0 Å². The summed E-state index contributed by atoms with van der Waals surface area (Å²) < 4.78 is 5.24. The lowest BCUT2D eigenvalue weighted by molar-refractivity contribution is -0.141. The lowest BCUT2D eigenvalue weighted by Gasteiger charge is -2.36. The fourth-order valence-electron chi connectivity index (χ4n) is 4.56. The maximum atomic E-state index is 13.5. The third kappa shape index (κ3) is 4.48. The number of amides is 1. The Morgan fingerprint density at radius 3 is 2.39 bits per heavy atom. The molecule has 0 spiro atoms. The number of methoxy groups -OCH3 is 1. The molecule has 1 aliphatic heterocycles. The number of rotatable bonds is 10. The van der Waals surface area contributed by atoms with Crippen molar-refractivity contribution in [2.75, 3.05) is 7.11 Å². The highest BCUT2D eigenvalue weighted by Crippen LogP contribution is 2.44. The summed E-state index contributed by atoms with van der Waals surface area (Å²) in [4.78, 5) is 28.6. The van der Waals surface area contributed by atoms with E-state index in [1.165, 1.54) is 0 Å². The quantitative estimate of drug-likeness (QED) is 0.392. The second-order valence-electron chi connectivity index (χ2n) is 7.91. The lowest BCUT2D eigenvalue weighted by atomic mass is 9.69. The molecule has 2 aromatic carbocycles. The minimum Gasteiger partial charge on any atom is -0.497 e. The molecule has 31 heavy (non-hydrogen) atoms. The number of carbonyl (C=O) groups excluding carboxylic acids is 2. The average molecular weight is 418 g/mol. The third-order valence-corrected chi connectivity index (χ3v) is 6.08. The molecule has 162 valence electrons. The number of hydrogen-bond donors (Lipinski definition) is 0. The molecular weight excluding hydrogens is 386 g/mol. The van der Waals surface area contributed by atoms with E-state index in [0.717, 1.165) is 29.7 Å². The Morgan fingerprint density at radius 1 is 1.06 bits per heavy atom. The van der Waals surface area contributed by atoms with E-state index in [-0.39, 0.29) is 11.8 Å². The number of benzene rings is 2. The van der Waals surface area contributed by atoms with Crippen LogP contribution in [0.25, 0.3) is 0 Å². The molecule has 1 fully saturated rings. The topological polar surface area (TPSA) is 46.6 Å². The van der Waals surface area contributed by atoms with Crippen LogP contribution in [0.5, 0.6) is 5.75 Å². The summed E-state index contributed by atoms with van der Waals surface area (Å²) in [5, 5.41) is 0. The molecule has 0 unspecified atom stereocenters. The van der Waals surface area contributed by atoms with Crippen LogP contribution in [0.15, 0.2) is 79.4 Å². The number of allylic oxidation sites excluding steroid dienone is 3.